The highest BCUT2D eigenvalue weighted by atomic mass is 16.7. The van der Waals surface area contributed by atoms with Crippen molar-refractivity contribution in [2.45, 2.75) is 129 Å². The summed E-state index contributed by atoms with van der Waals surface area (Å²) < 4.78 is 18.7. The van der Waals surface area contributed by atoms with Crippen molar-refractivity contribution >= 4 is 6.09 Å². The number of carbonyl (C=O) groups excluding carboxylic acids is 1. The van der Waals surface area contributed by atoms with Crippen molar-refractivity contribution in [3.05, 3.63) is 108 Å². The average molecular weight is 713 g/mol. The van der Waals surface area contributed by atoms with Crippen LogP contribution in [0.2, 0.25) is 0 Å². The second-order valence-corrected chi connectivity index (χ2v) is 14.3. The SMILES string of the molecule is C=CCOC(=O)NCc1cccc(-c2cccc([C@H]3O[C@@H](CN(CCCCCCCC)CCCCCCCC)C[C@@H](c4ccc(CO)cc4)O3)c2)c1. The van der Waals surface area contributed by atoms with Gasteiger partial charge in [-0.25, -0.2) is 4.79 Å². The predicted octanol–water partition coefficient (Wildman–Crippen LogP) is 10.8. The van der Waals surface area contributed by atoms with Crippen LogP contribution in [0.1, 0.15) is 132 Å². The minimum atomic E-state index is -0.518. The van der Waals surface area contributed by atoms with E-state index in [2.05, 4.69) is 79.2 Å². The summed E-state index contributed by atoms with van der Waals surface area (Å²) in [4.78, 5) is 14.6. The Morgan fingerprint density at radius 1 is 0.808 bits per heavy atom. The number of unbranched alkanes of at least 4 members (excludes halogenated alkanes) is 10. The topological polar surface area (TPSA) is 80.3 Å². The number of hydrogen-bond donors (Lipinski definition) is 2. The van der Waals surface area contributed by atoms with Crippen molar-refractivity contribution in [2.75, 3.05) is 26.2 Å². The lowest BCUT2D eigenvalue weighted by Crippen LogP contribution is -2.40. The summed E-state index contributed by atoms with van der Waals surface area (Å²) in [7, 11) is 0. The van der Waals surface area contributed by atoms with Crippen molar-refractivity contribution in [3.63, 3.8) is 0 Å². The van der Waals surface area contributed by atoms with E-state index >= 15 is 0 Å². The molecule has 0 aliphatic carbocycles. The van der Waals surface area contributed by atoms with Crippen molar-refractivity contribution in [2.24, 2.45) is 0 Å². The first-order valence-corrected chi connectivity index (χ1v) is 20.0. The van der Waals surface area contributed by atoms with E-state index in [1.165, 1.54) is 77.0 Å². The normalized spacial score (nSPS) is 17.3. The summed E-state index contributed by atoms with van der Waals surface area (Å²) in [5.74, 6) is 0. The van der Waals surface area contributed by atoms with E-state index in [1.807, 2.05) is 24.3 Å². The number of nitrogens with zero attached hydrogens (tertiary/aromatic N) is 1. The quantitative estimate of drug-likeness (QED) is 0.0711. The van der Waals surface area contributed by atoms with Gasteiger partial charge in [0, 0.05) is 25.1 Å². The molecule has 3 aromatic rings. The first-order valence-electron chi connectivity index (χ1n) is 20.0. The third-order valence-electron chi connectivity index (χ3n) is 9.92. The molecule has 4 rings (SSSR count). The third-order valence-corrected chi connectivity index (χ3v) is 9.92. The second-order valence-electron chi connectivity index (χ2n) is 14.3. The van der Waals surface area contributed by atoms with E-state index in [4.69, 9.17) is 14.2 Å². The first-order chi connectivity index (χ1) is 25.5. The van der Waals surface area contributed by atoms with E-state index in [0.717, 1.165) is 59.4 Å². The van der Waals surface area contributed by atoms with Gasteiger partial charge in [-0.1, -0.05) is 151 Å². The fraction of sp³-hybridized carbons (Fsp3) is 0.533. The second kappa shape index (κ2) is 23.9. The molecule has 1 aliphatic heterocycles. The predicted molar refractivity (Wildman–Crippen MR) is 212 cm³/mol. The zero-order chi connectivity index (χ0) is 36.8. The first kappa shape index (κ1) is 41.3. The Bertz CT molecular complexity index is 1430. The van der Waals surface area contributed by atoms with Crippen LogP contribution < -0.4 is 5.32 Å². The molecule has 3 aromatic carbocycles. The third kappa shape index (κ3) is 14.5. The van der Waals surface area contributed by atoms with E-state index in [0.29, 0.717) is 6.54 Å². The molecule has 1 heterocycles. The van der Waals surface area contributed by atoms with Gasteiger partial charge in [-0.2, -0.15) is 0 Å². The molecule has 7 nitrogen and oxygen atoms in total. The summed E-state index contributed by atoms with van der Waals surface area (Å²) in [6.07, 6.45) is 16.8. The molecule has 0 spiro atoms. The molecule has 0 aromatic heterocycles. The number of alkyl carbamates (subject to hydrolysis) is 1. The summed E-state index contributed by atoms with van der Waals surface area (Å²) in [5, 5.41) is 12.5. The van der Waals surface area contributed by atoms with E-state index in [1.54, 1.807) is 6.08 Å². The summed E-state index contributed by atoms with van der Waals surface area (Å²) in [5.41, 5.74) is 6.07. The molecule has 1 fully saturated rings. The number of ether oxygens (including phenoxy) is 3. The zero-order valence-corrected chi connectivity index (χ0v) is 31.9. The molecule has 0 unspecified atom stereocenters. The molecule has 7 heteroatoms. The van der Waals surface area contributed by atoms with Gasteiger partial charge in [-0.15, -0.1) is 0 Å². The lowest BCUT2D eigenvalue weighted by molar-refractivity contribution is -0.253. The van der Waals surface area contributed by atoms with Crippen LogP contribution in [-0.2, 0) is 27.4 Å². The molecule has 52 heavy (non-hydrogen) atoms. The Morgan fingerprint density at radius 3 is 2.10 bits per heavy atom. The van der Waals surface area contributed by atoms with Crippen molar-refractivity contribution < 1.29 is 24.1 Å². The van der Waals surface area contributed by atoms with Gasteiger partial charge < -0.3 is 29.5 Å². The zero-order valence-electron chi connectivity index (χ0n) is 31.9. The fourth-order valence-corrected chi connectivity index (χ4v) is 6.93. The highest BCUT2D eigenvalue weighted by Crippen LogP contribution is 2.39. The number of nitrogens with one attached hydrogen (secondary N) is 1. The van der Waals surface area contributed by atoms with Gasteiger partial charge in [-0.05, 0) is 65.9 Å². The van der Waals surface area contributed by atoms with Crippen LogP contribution in [0.5, 0.6) is 0 Å². The number of carbonyl (C=O) groups is 1. The number of hydrogen-bond acceptors (Lipinski definition) is 6. The van der Waals surface area contributed by atoms with Crippen molar-refractivity contribution in [1.29, 1.82) is 0 Å². The molecule has 1 saturated heterocycles. The maximum atomic E-state index is 12.0. The van der Waals surface area contributed by atoms with Gasteiger partial charge in [0.15, 0.2) is 6.29 Å². The summed E-state index contributed by atoms with van der Waals surface area (Å²) >= 11 is 0. The molecule has 1 aliphatic rings. The minimum Gasteiger partial charge on any atom is -0.445 e. The highest BCUT2D eigenvalue weighted by Gasteiger charge is 2.33. The number of aliphatic hydroxyl groups excluding tert-OH is 1. The number of benzene rings is 3. The molecular weight excluding hydrogens is 649 g/mol. The maximum absolute atomic E-state index is 12.0. The number of amides is 1. The van der Waals surface area contributed by atoms with Gasteiger partial charge in [0.2, 0.25) is 0 Å². The van der Waals surface area contributed by atoms with Gasteiger partial charge in [0.05, 0.1) is 18.8 Å². The van der Waals surface area contributed by atoms with Crippen LogP contribution in [0, 0.1) is 0 Å². The van der Waals surface area contributed by atoms with E-state index < -0.39 is 12.4 Å². The van der Waals surface area contributed by atoms with Crippen LogP contribution in [0.25, 0.3) is 11.1 Å². The summed E-state index contributed by atoms with van der Waals surface area (Å²) in [6.45, 7) is 11.8. The standard InChI is InChI=1S/C45H64N2O5/c1-4-7-9-11-13-15-27-47(28-16-14-12-10-8-5-2)34-42-32-43(38-25-23-36(35-48)24-26-38)52-44(51-42)41-22-18-21-40(31-41)39-20-17-19-37(30-39)33-46-45(49)50-29-6-3/h6,17-26,30-31,42-44,48H,3-5,7-16,27-29,32-35H2,1-2H3,(H,46,49)/t42-,43+,44+/m1/s1. The van der Waals surface area contributed by atoms with Gasteiger partial charge in [0.25, 0.3) is 0 Å². The van der Waals surface area contributed by atoms with E-state index in [9.17, 15) is 9.90 Å². The van der Waals surface area contributed by atoms with Crippen LogP contribution in [0.4, 0.5) is 4.79 Å². The van der Waals surface area contributed by atoms with Gasteiger partial charge in [-0.3, -0.25) is 0 Å². The molecule has 284 valence electrons. The Labute approximate surface area is 313 Å². The fourth-order valence-electron chi connectivity index (χ4n) is 6.93. The minimum absolute atomic E-state index is 0.0142. The maximum Gasteiger partial charge on any atom is 0.407 e. The smallest absolute Gasteiger partial charge is 0.407 e. The monoisotopic (exact) mass is 712 g/mol. The molecule has 0 bridgehead atoms. The van der Waals surface area contributed by atoms with Crippen LogP contribution >= 0.6 is 0 Å². The Hall–Kier alpha value is -3.49. The Balaban J connectivity index is 1.50. The largest absolute Gasteiger partial charge is 0.445 e. The van der Waals surface area contributed by atoms with E-state index in [-0.39, 0.29) is 25.4 Å². The molecule has 1 amide bonds. The molecular formula is C45H64N2O5. The highest BCUT2D eigenvalue weighted by molar-refractivity contribution is 5.68. The van der Waals surface area contributed by atoms with Crippen LogP contribution in [0.3, 0.4) is 0 Å². The van der Waals surface area contributed by atoms with Gasteiger partial charge >= 0.3 is 6.09 Å². The molecule has 2 N–H and O–H groups in total. The average Bonchev–Trinajstić information content (AvgIpc) is 3.18. The molecule has 0 saturated carbocycles. The lowest BCUT2D eigenvalue weighted by Gasteiger charge is -2.38. The Morgan fingerprint density at radius 2 is 1.44 bits per heavy atom. The lowest BCUT2D eigenvalue weighted by atomic mass is 9.98. The number of rotatable bonds is 24. The molecule has 0 radical (unpaired) electrons. The van der Waals surface area contributed by atoms with Crippen molar-refractivity contribution in [1.82, 2.24) is 10.2 Å². The summed E-state index contributed by atoms with van der Waals surface area (Å²) in [6, 6.07) is 24.7. The van der Waals surface area contributed by atoms with Gasteiger partial charge in [0.1, 0.15) is 6.61 Å². The van der Waals surface area contributed by atoms with Crippen molar-refractivity contribution in [3.8, 4) is 11.1 Å². The Kier molecular flexibility index (Phi) is 19.0. The number of aliphatic hydroxyl groups is 1. The van der Waals surface area contributed by atoms with Crippen LogP contribution in [-0.4, -0.2) is 48.4 Å². The van der Waals surface area contributed by atoms with Crippen LogP contribution in [0.15, 0.2) is 85.5 Å². The molecule has 3 atom stereocenters.